The summed E-state index contributed by atoms with van der Waals surface area (Å²) in [6.45, 7) is 8.12. The van der Waals surface area contributed by atoms with E-state index in [0.29, 0.717) is 18.3 Å². The van der Waals surface area contributed by atoms with Gasteiger partial charge in [-0.1, -0.05) is 18.6 Å². The van der Waals surface area contributed by atoms with E-state index in [9.17, 15) is 10.2 Å². The normalized spacial score (nSPS) is 46.0. The van der Waals surface area contributed by atoms with Gasteiger partial charge in [-0.15, -0.1) is 0 Å². The predicted molar refractivity (Wildman–Crippen MR) is 69.6 cm³/mol. The zero-order valence-electron chi connectivity index (χ0n) is 11.5. The van der Waals surface area contributed by atoms with Crippen molar-refractivity contribution >= 4 is 0 Å². The van der Waals surface area contributed by atoms with Crippen LogP contribution < -0.4 is 0 Å². The van der Waals surface area contributed by atoms with Gasteiger partial charge in [-0.05, 0) is 58.3 Å². The molecule has 98 valence electrons. The number of hydrogen-bond donors (Lipinski definition) is 2. The third kappa shape index (κ3) is 1.77. The van der Waals surface area contributed by atoms with Crippen LogP contribution in [0.15, 0.2) is 11.6 Å². The Morgan fingerprint density at radius 3 is 2.35 bits per heavy atom. The van der Waals surface area contributed by atoms with Crippen LogP contribution >= 0.6 is 0 Å². The minimum atomic E-state index is -0.704. The zero-order chi connectivity index (χ0) is 12.8. The van der Waals surface area contributed by atoms with Crippen molar-refractivity contribution in [3.63, 3.8) is 0 Å². The molecule has 5 atom stereocenters. The summed E-state index contributed by atoms with van der Waals surface area (Å²) in [5.74, 6) is 0.877. The van der Waals surface area contributed by atoms with Gasteiger partial charge >= 0.3 is 0 Å². The molecule has 0 unspecified atom stereocenters. The van der Waals surface area contributed by atoms with E-state index in [0.717, 1.165) is 12.8 Å². The van der Waals surface area contributed by atoms with E-state index in [2.05, 4.69) is 13.0 Å². The van der Waals surface area contributed by atoms with E-state index in [1.807, 2.05) is 20.8 Å². The first-order valence-electron chi connectivity index (χ1n) is 6.84. The lowest BCUT2D eigenvalue weighted by Crippen LogP contribution is -2.55. The summed E-state index contributed by atoms with van der Waals surface area (Å²) in [5, 5.41) is 21.3. The molecule has 2 heteroatoms. The Morgan fingerprint density at radius 2 is 1.88 bits per heavy atom. The fourth-order valence-corrected chi connectivity index (χ4v) is 4.09. The van der Waals surface area contributed by atoms with E-state index in [1.165, 1.54) is 12.0 Å². The summed E-state index contributed by atoms with van der Waals surface area (Å²) in [6.07, 6.45) is 5.71. The largest absolute Gasteiger partial charge is 0.392 e. The molecule has 2 N–H and O–H groups in total. The van der Waals surface area contributed by atoms with Crippen LogP contribution in [0.25, 0.3) is 0 Å². The van der Waals surface area contributed by atoms with Crippen LogP contribution in [0.4, 0.5) is 0 Å². The third-order valence-electron chi connectivity index (χ3n) is 5.61. The number of fused-ring (bicyclic) bond motifs is 2. The molecular formula is C15H26O2. The second-order valence-corrected chi connectivity index (χ2v) is 6.67. The Balaban J connectivity index is 2.20. The van der Waals surface area contributed by atoms with Gasteiger partial charge in [0.1, 0.15) is 0 Å². The molecule has 2 nitrogen and oxygen atoms in total. The maximum Gasteiger partial charge on any atom is 0.0728 e. The standard InChI is InChI=1S/C15H26O2/c1-10(2)5-8-13(16)14(3)11-6-7-12(9-11)15(14,4)17/h5,11-13,16-17H,6-9H2,1-4H3/t11-,12+,13-,14-,15-/m0/s1. The molecule has 0 heterocycles. The van der Waals surface area contributed by atoms with Gasteiger partial charge in [0.25, 0.3) is 0 Å². The van der Waals surface area contributed by atoms with Crippen molar-refractivity contribution in [3.8, 4) is 0 Å². The van der Waals surface area contributed by atoms with E-state index in [-0.39, 0.29) is 5.41 Å². The fraction of sp³-hybridized carbons (Fsp3) is 0.867. The molecule has 2 aliphatic carbocycles. The molecule has 0 aromatic carbocycles. The number of rotatable bonds is 3. The number of aliphatic hydroxyl groups excluding tert-OH is 1. The average molecular weight is 238 g/mol. The van der Waals surface area contributed by atoms with Gasteiger partial charge < -0.3 is 10.2 Å². The minimum Gasteiger partial charge on any atom is -0.392 e. The molecular weight excluding hydrogens is 212 g/mol. The smallest absolute Gasteiger partial charge is 0.0728 e. The lowest BCUT2D eigenvalue weighted by molar-refractivity contribution is -0.154. The predicted octanol–water partition coefficient (Wildman–Crippen LogP) is 2.89. The van der Waals surface area contributed by atoms with Crippen molar-refractivity contribution < 1.29 is 10.2 Å². The lowest BCUT2D eigenvalue weighted by atomic mass is 9.61. The maximum atomic E-state index is 10.8. The Morgan fingerprint density at radius 1 is 1.29 bits per heavy atom. The van der Waals surface area contributed by atoms with Crippen molar-refractivity contribution in [1.29, 1.82) is 0 Å². The first-order valence-corrected chi connectivity index (χ1v) is 6.84. The summed E-state index contributed by atoms with van der Waals surface area (Å²) >= 11 is 0. The van der Waals surface area contributed by atoms with E-state index >= 15 is 0 Å². The van der Waals surface area contributed by atoms with Crippen LogP contribution in [0.1, 0.15) is 53.4 Å². The van der Waals surface area contributed by atoms with Gasteiger partial charge in [0.05, 0.1) is 11.7 Å². The first-order chi connectivity index (χ1) is 7.80. The van der Waals surface area contributed by atoms with Gasteiger partial charge in [-0.3, -0.25) is 0 Å². The highest BCUT2D eigenvalue weighted by atomic mass is 16.3. The van der Waals surface area contributed by atoms with Crippen molar-refractivity contribution in [2.45, 2.75) is 65.1 Å². The highest BCUT2D eigenvalue weighted by molar-refractivity contribution is 5.15. The fourth-order valence-electron chi connectivity index (χ4n) is 4.09. The van der Waals surface area contributed by atoms with Crippen LogP contribution in [0.2, 0.25) is 0 Å². The van der Waals surface area contributed by atoms with Crippen LogP contribution in [-0.4, -0.2) is 21.9 Å². The molecule has 2 rings (SSSR count). The quantitative estimate of drug-likeness (QED) is 0.742. The second kappa shape index (κ2) is 4.10. The Kier molecular flexibility index (Phi) is 3.16. The van der Waals surface area contributed by atoms with Gasteiger partial charge in [0, 0.05) is 5.41 Å². The molecule has 2 saturated carbocycles. The monoisotopic (exact) mass is 238 g/mol. The molecule has 0 spiro atoms. The lowest BCUT2D eigenvalue weighted by Gasteiger charge is -2.49. The molecule has 0 aromatic heterocycles. The molecule has 17 heavy (non-hydrogen) atoms. The Hall–Kier alpha value is -0.340. The Bertz CT molecular complexity index is 328. The van der Waals surface area contributed by atoms with E-state index < -0.39 is 11.7 Å². The van der Waals surface area contributed by atoms with E-state index in [4.69, 9.17) is 0 Å². The maximum absolute atomic E-state index is 10.8. The average Bonchev–Trinajstić information content (AvgIpc) is 2.78. The van der Waals surface area contributed by atoms with Gasteiger partial charge in [0.15, 0.2) is 0 Å². The molecule has 0 aromatic rings. The summed E-state index contributed by atoms with van der Waals surface area (Å²) in [7, 11) is 0. The van der Waals surface area contributed by atoms with Crippen molar-refractivity contribution in [2.24, 2.45) is 17.3 Å². The third-order valence-corrected chi connectivity index (χ3v) is 5.61. The highest BCUT2D eigenvalue weighted by Crippen LogP contribution is 2.63. The molecule has 2 aliphatic rings. The van der Waals surface area contributed by atoms with Gasteiger partial charge in [0.2, 0.25) is 0 Å². The Labute approximate surface area is 105 Å². The summed E-state index contributed by atoms with van der Waals surface area (Å²) in [5.41, 5.74) is 0.197. The molecule has 2 fully saturated rings. The minimum absolute atomic E-state index is 0.331. The van der Waals surface area contributed by atoms with Crippen LogP contribution in [-0.2, 0) is 0 Å². The molecule has 0 amide bonds. The van der Waals surface area contributed by atoms with Crippen molar-refractivity contribution in [2.75, 3.05) is 0 Å². The van der Waals surface area contributed by atoms with Crippen LogP contribution in [0.3, 0.4) is 0 Å². The van der Waals surface area contributed by atoms with Crippen LogP contribution in [0.5, 0.6) is 0 Å². The second-order valence-electron chi connectivity index (χ2n) is 6.67. The zero-order valence-corrected chi connectivity index (χ0v) is 11.5. The van der Waals surface area contributed by atoms with E-state index in [1.54, 1.807) is 0 Å². The number of allylic oxidation sites excluding steroid dienone is 1. The molecule has 0 aliphatic heterocycles. The SMILES string of the molecule is CC(C)=CC[C@H](O)[C@]1(C)[C@H]2CC[C@H](C2)[C@]1(C)O. The summed E-state index contributed by atoms with van der Waals surface area (Å²) < 4.78 is 0. The highest BCUT2D eigenvalue weighted by Gasteiger charge is 2.64. The van der Waals surface area contributed by atoms with Crippen LogP contribution in [0, 0.1) is 17.3 Å². The van der Waals surface area contributed by atoms with Gasteiger partial charge in [-0.25, -0.2) is 0 Å². The summed E-state index contributed by atoms with van der Waals surface area (Å²) in [6, 6.07) is 0. The topological polar surface area (TPSA) is 40.5 Å². The number of aliphatic hydroxyl groups is 2. The van der Waals surface area contributed by atoms with Crippen molar-refractivity contribution in [1.82, 2.24) is 0 Å². The van der Waals surface area contributed by atoms with Crippen molar-refractivity contribution in [3.05, 3.63) is 11.6 Å². The first kappa shape index (κ1) is 13.1. The molecule has 0 saturated heterocycles. The molecule has 0 radical (unpaired) electrons. The van der Waals surface area contributed by atoms with Gasteiger partial charge in [-0.2, -0.15) is 0 Å². The molecule has 2 bridgehead atoms. The number of hydrogen-bond acceptors (Lipinski definition) is 2. The summed E-state index contributed by atoms with van der Waals surface area (Å²) in [4.78, 5) is 0.